The van der Waals surface area contributed by atoms with Gasteiger partial charge in [-0.3, -0.25) is 0 Å². The maximum atomic E-state index is 13.6. The SMILES string of the molecule is CCNc1nc(OCc2ccccc2Cl)c(F)cc1F. The van der Waals surface area contributed by atoms with E-state index in [1.807, 2.05) is 0 Å². The molecule has 106 valence electrons. The highest BCUT2D eigenvalue weighted by Crippen LogP contribution is 2.23. The molecule has 0 atom stereocenters. The lowest BCUT2D eigenvalue weighted by Gasteiger charge is -2.10. The Morgan fingerprint density at radius 2 is 2.00 bits per heavy atom. The molecule has 20 heavy (non-hydrogen) atoms. The number of ether oxygens (including phenoxy) is 1. The van der Waals surface area contributed by atoms with Gasteiger partial charge < -0.3 is 10.1 Å². The first kappa shape index (κ1) is 14.5. The number of nitrogens with zero attached hydrogens (tertiary/aromatic N) is 1. The van der Waals surface area contributed by atoms with Gasteiger partial charge in [0, 0.05) is 23.2 Å². The van der Waals surface area contributed by atoms with Crippen molar-refractivity contribution in [3.63, 3.8) is 0 Å². The number of pyridine rings is 1. The van der Waals surface area contributed by atoms with E-state index in [4.69, 9.17) is 16.3 Å². The average Bonchev–Trinajstić information content (AvgIpc) is 2.42. The molecule has 0 fully saturated rings. The highest BCUT2D eigenvalue weighted by Gasteiger charge is 2.13. The van der Waals surface area contributed by atoms with Gasteiger partial charge in [0.2, 0.25) is 0 Å². The van der Waals surface area contributed by atoms with Gasteiger partial charge in [0.1, 0.15) is 6.61 Å². The lowest BCUT2D eigenvalue weighted by atomic mass is 10.2. The number of nitrogens with one attached hydrogen (secondary N) is 1. The zero-order chi connectivity index (χ0) is 14.5. The number of anilines is 1. The molecule has 2 aromatic rings. The van der Waals surface area contributed by atoms with Crippen molar-refractivity contribution < 1.29 is 13.5 Å². The van der Waals surface area contributed by atoms with Crippen LogP contribution in [0.4, 0.5) is 14.6 Å². The largest absolute Gasteiger partial charge is 0.471 e. The van der Waals surface area contributed by atoms with E-state index >= 15 is 0 Å². The van der Waals surface area contributed by atoms with Gasteiger partial charge in [-0.25, -0.2) is 8.78 Å². The molecule has 2 rings (SSSR count). The summed E-state index contributed by atoms with van der Waals surface area (Å²) in [5.41, 5.74) is 0.699. The van der Waals surface area contributed by atoms with Gasteiger partial charge in [0.05, 0.1) is 0 Å². The van der Waals surface area contributed by atoms with E-state index in [0.29, 0.717) is 17.1 Å². The van der Waals surface area contributed by atoms with Crippen LogP contribution in [-0.2, 0) is 6.61 Å². The Morgan fingerprint density at radius 3 is 2.70 bits per heavy atom. The highest BCUT2D eigenvalue weighted by atomic mass is 35.5. The van der Waals surface area contributed by atoms with Crippen molar-refractivity contribution in [3.05, 3.63) is 52.6 Å². The second-order valence-electron chi connectivity index (χ2n) is 4.02. The first-order valence-corrected chi connectivity index (χ1v) is 6.45. The van der Waals surface area contributed by atoms with E-state index in [1.165, 1.54) is 0 Å². The van der Waals surface area contributed by atoms with Crippen molar-refractivity contribution in [2.45, 2.75) is 13.5 Å². The molecule has 0 saturated heterocycles. The molecule has 1 aromatic carbocycles. The van der Waals surface area contributed by atoms with Crippen LogP contribution in [0.2, 0.25) is 5.02 Å². The Balaban J connectivity index is 2.17. The smallest absolute Gasteiger partial charge is 0.252 e. The van der Waals surface area contributed by atoms with E-state index in [2.05, 4.69) is 10.3 Å². The lowest BCUT2D eigenvalue weighted by Crippen LogP contribution is -2.06. The Bertz CT molecular complexity index is 608. The highest BCUT2D eigenvalue weighted by molar-refractivity contribution is 6.31. The number of aromatic nitrogens is 1. The standard InChI is InChI=1S/C14H13ClF2N2O/c1-2-18-13-11(16)7-12(17)14(19-13)20-8-9-5-3-4-6-10(9)15/h3-7H,2,8H2,1H3,(H,18,19). The fourth-order valence-corrected chi connectivity index (χ4v) is 1.79. The van der Waals surface area contributed by atoms with Crippen molar-refractivity contribution in [1.82, 2.24) is 4.98 Å². The second kappa shape index (κ2) is 6.52. The molecular formula is C14H13ClF2N2O. The van der Waals surface area contributed by atoms with Crippen LogP contribution in [0.3, 0.4) is 0 Å². The molecule has 0 aliphatic carbocycles. The van der Waals surface area contributed by atoms with E-state index in [1.54, 1.807) is 31.2 Å². The summed E-state index contributed by atoms with van der Waals surface area (Å²) in [5, 5.41) is 3.21. The van der Waals surface area contributed by atoms with Crippen molar-refractivity contribution >= 4 is 17.4 Å². The molecule has 0 spiro atoms. The Labute approximate surface area is 120 Å². The quantitative estimate of drug-likeness (QED) is 0.905. The summed E-state index contributed by atoms with van der Waals surface area (Å²) in [5.74, 6) is -1.91. The molecule has 0 radical (unpaired) electrons. The number of hydrogen-bond donors (Lipinski definition) is 1. The van der Waals surface area contributed by atoms with Gasteiger partial charge in [0.25, 0.3) is 5.88 Å². The predicted octanol–water partition coefficient (Wildman–Crippen LogP) is 4.02. The summed E-state index contributed by atoms with van der Waals surface area (Å²) >= 11 is 5.97. The van der Waals surface area contributed by atoms with Crippen molar-refractivity contribution in [2.75, 3.05) is 11.9 Å². The molecule has 0 saturated carbocycles. The van der Waals surface area contributed by atoms with Crippen LogP contribution in [0.1, 0.15) is 12.5 Å². The van der Waals surface area contributed by atoms with Gasteiger partial charge >= 0.3 is 0 Å². The molecule has 6 heteroatoms. The summed E-state index contributed by atoms with van der Waals surface area (Å²) in [7, 11) is 0. The van der Waals surface area contributed by atoms with Gasteiger partial charge in [-0.05, 0) is 13.0 Å². The van der Waals surface area contributed by atoms with E-state index in [-0.39, 0.29) is 18.3 Å². The van der Waals surface area contributed by atoms with Gasteiger partial charge in [0.15, 0.2) is 17.5 Å². The second-order valence-corrected chi connectivity index (χ2v) is 4.42. The van der Waals surface area contributed by atoms with Gasteiger partial charge in [-0.1, -0.05) is 29.8 Å². The summed E-state index contributed by atoms with van der Waals surface area (Å²) in [6.07, 6.45) is 0. The Morgan fingerprint density at radius 1 is 1.25 bits per heavy atom. The topological polar surface area (TPSA) is 34.2 Å². The normalized spacial score (nSPS) is 10.4. The van der Waals surface area contributed by atoms with Gasteiger partial charge in [-0.2, -0.15) is 4.98 Å². The van der Waals surface area contributed by atoms with Crippen molar-refractivity contribution in [1.29, 1.82) is 0 Å². The summed E-state index contributed by atoms with van der Waals surface area (Å²) in [4.78, 5) is 3.78. The molecule has 1 heterocycles. The number of rotatable bonds is 5. The molecule has 1 aromatic heterocycles. The minimum atomic E-state index is -0.851. The number of benzene rings is 1. The third-order valence-electron chi connectivity index (χ3n) is 2.56. The fraction of sp³-hybridized carbons (Fsp3) is 0.214. The van der Waals surface area contributed by atoms with E-state index in [9.17, 15) is 8.78 Å². The first-order valence-electron chi connectivity index (χ1n) is 6.08. The fourth-order valence-electron chi connectivity index (χ4n) is 1.60. The van der Waals surface area contributed by atoms with Crippen molar-refractivity contribution in [3.8, 4) is 5.88 Å². The summed E-state index contributed by atoms with van der Waals surface area (Å²) in [6.45, 7) is 2.31. The maximum Gasteiger partial charge on any atom is 0.252 e. The number of hydrogen-bond acceptors (Lipinski definition) is 3. The summed E-state index contributed by atoms with van der Waals surface area (Å²) in [6, 6.07) is 7.79. The molecule has 0 unspecified atom stereocenters. The minimum Gasteiger partial charge on any atom is -0.471 e. The van der Waals surface area contributed by atoms with Gasteiger partial charge in [-0.15, -0.1) is 0 Å². The van der Waals surface area contributed by atoms with Crippen molar-refractivity contribution in [2.24, 2.45) is 0 Å². The molecular weight excluding hydrogens is 286 g/mol. The maximum absolute atomic E-state index is 13.6. The van der Waals surface area contributed by atoms with Crippen LogP contribution in [-0.4, -0.2) is 11.5 Å². The molecule has 0 aliphatic heterocycles. The average molecular weight is 299 g/mol. The molecule has 1 N–H and O–H groups in total. The summed E-state index contributed by atoms with van der Waals surface area (Å²) < 4.78 is 32.3. The third kappa shape index (κ3) is 3.36. The van der Waals surface area contributed by atoms with E-state index in [0.717, 1.165) is 6.07 Å². The zero-order valence-electron chi connectivity index (χ0n) is 10.8. The minimum absolute atomic E-state index is 0.0388. The lowest BCUT2D eigenvalue weighted by molar-refractivity contribution is 0.276. The van der Waals surface area contributed by atoms with Crippen LogP contribution in [0.15, 0.2) is 30.3 Å². The Hall–Kier alpha value is -1.88. The first-order chi connectivity index (χ1) is 9.61. The van der Waals surface area contributed by atoms with E-state index < -0.39 is 11.6 Å². The molecule has 0 amide bonds. The third-order valence-corrected chi connectivity index (χ3v) is 2.93. The van der Waals surface area contributed by atoms with Crippen LogP contribution in [0, 0.1) is 11.6 Å². The monoisotopic (exact) mass is 298 g/mol. The molecule has 0 aliphatic rings. The van der Waals surface area contributed by atoms with Crippen LogP contribution in [0.25, 0.3) is 0 Å². The van der Waals surface area contributed by atoms with Crippen LogP contribution in [0.5, 0.6) is 5.88 Å². The Kier molecular flexibility index (Phi) is 4.74. The predicted molar refractivity (Wildman–Crippen MR) is 74.1 cm³/mol. The van der Waals surface area contributed by atoms with Crippen LogP contribution >= 0.6 is 11.6 Å². The molecule has 0 bridgehead atoms. The number of halogens is 3. The zero-order valence-corrected chi connectivity index (χ0v) is 11.5. The molecule has 3 nitrogen and oxygen atoms in total. The van der Waals surface area contributed by atoms with Crippen LogP contribution < -0.4 is 10.1 Å².